The zero-order chi connectivity index (χ0) is 13.2. The Morgan fingerprint density at radius 3 is 2.50 bits per heavy atom. The fourth-order valence-corrected chi connectivity index (χ4v) is 2.88. The Morgan fingerprint density at radius 1 is 1.17 bits per heavy atom. The van der Waals surface area contributed by atoms with Crippen LogP contribution in [0.3, 0.4) is 0 Å². The molecule has 1 aliphatic rings. The number of rotatable bonds is 8. The van der Waals surface area contributed by atoms with Gasteiger partial charge in [-0.25, -0.2) is 0 Å². The second-order valence-electron chi connectivity index (χ2n) is 5.49. The molecule has 1 fully saturated rings. The first-order chi connectivity index (χ1) is 8.77. The van der Waals surface area contributed by atoms with Gasteiger partial charge in [0.15, 0.2) is 0 Å². The Morgan fingerprint density at radius 2 is 1.89 bits per heavy atom. The van der Waals surface area contributed by atoms with Crippen LogP contribution in [0, 0.1) is 11.8 Å². The van der Waals surface area contributed by atoms with Crippen molar-refractivity contribution in [1.29, 1.82) is 0 Å². The number of amides is 1. The third-order valence-corrected chi connectivity index (χ3v) is 4.06. The minimum absolute atomic E-state index is 0.231. The van der Waals surface area contributed by atoms with Crippen LogP contribution >= 0.6 is 0 Å². The van der Waals surface area contributed by atoms with Gasteiger partial charge in [-0.3, -0.25) is 4.79 Å². The van der Waals surface area contributed by atoms with Crippen molar-refractivity contribution < 1.29 is 4.79 Å². The van der Waals surface area contributed by atoms with Crippen molar-refractivity contribution in [3.05, 3.63) is 0 Å². The summed E-state index contributed by atoms with van der Waals surface area (Å²) >= 11 is 0. The lowest BCUT2D eigenvalue weighted by Crippen LogP contribution is -2.36. The van der Waals surface area contributed by atoms with E-state index in [0.29, 0.717) is 0 Å². The lowest BCUT2D eigenvalue weighted by Gasteiger charge is -2.25. The van der Waals surface area contributed by atoms with Crippen molar-refractivity contribution in [3.8, 4) is 0 Å². The van der Waals surface area contributed by atoms with Crippen LogP contribution in [-0.4, -0.2) is 25.5 Å². The predicted molar refractivity (Wildman–Crippen MR) is 76.5 cm³/mol. The summed E-state index contributed by atoms with van der Waals surface area (Å²) in [5.74, 6) is 1.29. The molecule has 2 N–H and O–H groups in total. The van der Waals surface area contributed by atoms with Crippen LogP contribution in [0.5, 0.6) is 0 Å². The molecule has 106 valence electrons. The van der Waals surface area contributed by atoms with E-state index >= 15 is 0 Å². The van der Waals surface area contributed by atoms with Crippen LogP contribution in [-0.2, 0) is 4.79 Å². The van der Waals surface area contributed by atoms with Crippen LogP contribution < -0.4 is 10.6 Å². The molecule has 0 spiro atoms. The number of likely N-dealkylation sites (N-methyl/N-ethyl adjacent to an activating group) is 1. The van der Waals surface area contributed by atoms with Gasteiger partial charge < -0.3 is 10.6 Å². The first-order valence-electron chi connectivity index (χ1n) is 7.76. The number of nitrogens with one attached hydrogen (secondary N) is 2. The van der Waals surface area contributed by atoms with Crippen LogP contribution in [0.4, 0.5) is 0 Å². The van der Waals surface area contributed by atoms with Crippen LogP contribution in [0.1, 0.15) is 58.8 Å². The third-order valence-electron chi connectivity index (χ3n) is 4.06. The van der Waals surface area contributed by atoms with E-state index in [4.69, 9.17) is 0 Å². The van der Waals surface area contributed by atoms with Crippen LogP contribution in [0.15, 0.2) is 0 Å². The molecule has 0 aromatic heterocycles. The highest BCUT2D eigenvalue weighted by Gasteiger charge is 2.22. The first kappa shape index (κ1) is 15.5. The molecule has 1 aliphatic carbocycles. The van der Waals surface area contributed by atoms with Gasteiger partial charge in [-0.2, -0.15) is 0 Å². The summed E-state index contributed by atoms with van der Waals surface area (Å²) in [6, 6.07) is 0. The second-order valence-corrected chi connectivity index (χ2v) is 5.49. The fourth-order valence-electron chi connectivity index (χ4n) is 2.88. The summed E-state index contributed by atoms with van der Waals surface area (Å²) in [6.07, 6.45) is 8.86. The van der Waals surface area contributed by atoms with E-state index in [1.165, 1.54) is 32.1 Å². The molecular formula is C15H30N2O. The quantitative estimate of drug-likeness (QED) is 0.654. The molecule has 0 aliphatic heterocycles. The van der Waals surface area contributed by atoms with Crippen LogP contribution in [0.25, 0.3) is 0 Å². The summed E-state index contributed by atoms with van der Waals surface area (Å²) in [7, 11) is 0. The molecule has 1 unspecified atom stereocenters. The zero-order valence-electron chi connectivity index (χ0n) is 12.1. The lowest BCUT2D eigenvalue weighted by atomic mass is 9.82. The minimum atomic E-state index is 0.231. The van der Waals surface area contributed by atoms with Crippen molar-refractivity contribution in [2.75, 3.05) is 19.6 Å². The summed E-state index contributed by atoms with van der Waals surface area (Å²) in [5.41, 5.74) is 0. The number of carbonyl (C=O) groups excluding carboxylic acids is 1. The van der Waals surface area contributed by atoms with Gasteiger partial charge in [0.1, 0.15) is 0 Å². The number of carbonyl (C=O) groups is 1. The van der Waals surface area contributed by atoms with Gasteiger partial charge in [0.25, 0.3) is 0 Å². The maximum Gasteiger partial charge on any atom is 0.223 e. The van der Waals surface area contributed by atoms with Crippen molar-refractivity contribution >= 4 is 5.91 Å². The average molecular weight is 254 g/mol. The monoisotopic (exact) mass is 254 g/mol. The normalized spacial score (nSPS) is 18.6. The van der Waals surface area contributed by atoms with Crippen molar-refractivity contribution in [2.24, 2.45) is 11.8 Å². The van der Waals surface area contributed by atoms with E-state index < -0.39 is 0 Å². The van der Waals surface area contributed by atoms with Crippen molar-refractivity contribution in [3.63, 3.8) is 0 Å². The van der Waals surface area contributed by atoms with Gasteiger partial charge in [0.2, 0.25) is 5.91 Å². The fraction of sp³-hybridized carbons (Fsp3) is 0.933. The molecule has 3 heteroatoms. The first-order valence-corrected chi connectivity index (χ1v) is 7.76. The Balaban J connectivity index is 2.23. The molecule has 0 heterocycles. The van der Waals surface area contributed by atoms with Gasteiger partial charge in [0.05, 0.1) is 0 Å². The third kappa shape index (κ3) is 5.85. The molecule has 0 aromatic carbocycles. The highest BCUT2D eigenvalue weighted by atomic mass is 16.1. The summed E-state index contributed by atoms with van der Waals surface area (Å²) in [5, 5.41) is 6.28. The molecule has 1 rings (SSSR count). The Kier molecular flexibility index (Phi) is 8.06. The SMILES string of the molecule is CCNCCNC(=O)C(CC)CC1CCCCC1. The predicted octanol–water partition coefficient (Wildman–Crippen LogP) is 2.71. The highest BCUT2D eigenvalue weighted by Crippen LogP contribution is 2.30. The van der Waals surface area contributed by atoms with E-state index in [1.54, 1.807) is 0 Å². The molecule has 1 amide bonds. The average Bonchev–Trinajstić information content (AvgIpc) is 2.42. The molecule has 18 heavy (non-hydrogen) atoms. The molecule has 0 aromatic rings. The molecule has 0 bridgehead atoms. The molecule has 1 atom stereocenters. The summed E-state index contributed by atoms with van der Waals surface area (Å²) in [4.78, 5) is 12.1. The molecular weight excluding hydrogens is 224 g/mol. The maximum atomic E-state index is 12.1. The molecule has 0 saturated heterocycles. The largest absolute Gasteiger partial charge is 0.355 e. The van der Waals surface area contributed by atoms with Gasteiger partial charge in [-0.15, -0.1) is 0 Å². The minimum Gasteiger partial charge on any atom is -0.355 e. The summed E-state index contributed by atoms with van der Waals surface area (Å²) < 4.78 is 0. The van der Waals surface area contributed by atoms with Crippen LogP contribution in [0.2, 0.25) is 0 Å². The topological polar surface area (TPSA) is 41.1 Å². The molecule has 0 radical (unpaired) electrons. The Labute approximate surface area is 112 Å². The maximum absolute atomic E-state index is 12.1. The van der Waals surface area contributed by atoms with E-state index in [9.17, 15) is 4.79 Å². The highest BCUT2D eigenvalue weighted by molar-refractivity contribution is 5.78. The Hall–Kier alpha value is -0.570. The molecule has 3 nitrogen and oxygen atoms in total. The summed E-state index contributed by atoms with van der Waals surface area (Å²) in [6.45, 7) is 6.82. The number of hydrogen-bond acceptors (Lipinski definition) is 2. The van der Waals surface area contributed by atoms with Gasteiger partial charge in [-0.1, -0.05) is 46.0 Å². The van der Waals surface area contributed by atoms with E-state index in [-0.39, 0.29) is 11.8 Å². The van der Waals surface area contributed by atoms with E-state index in [2.05, 4.69) is 24.5 Å². The van der Waals surface area contributed by atoms with Crippen molar-refractivity contribution in [1.82, 2.24) is 10.6 Å². The van der Waals surface area contributed by atoms with E-state index in [1.807, 2.05) is 0 Å². The Bertz CT molecular complexity index is 225. The van der Waals surface area contributed by atoms with E-state index in [0.717, 1.165) is 38.4 Å². The number of hydrogen-bond donors (Lipinski definition) is 2. The van der Waals surface area contributed by atoms with Gasteiger partial charge in [-0.05, 0) is 25.3 Å². The smallest absolute Gasteiger partial charge is 0.223 e. The van der Waals surface area contributed by atoms with Gasteiger partial charge in [0, 0.05) is 19.0 Å². The van der Waals surface area contributed by atoms with Crippen molar-refractivity contribution in [2.45, 2.75) is 58.8 Å². The lowest BCUT2D eigenvalue weighted by molar-refractivity contribution is -0.125. The standard InChI is InChI=1S/C15H30N2O/c1-3-14(12-13-8-6-5-7-9-13)15(18)17-11-10-16-4-2/h13-14,16H,3-12H2,1-2H3,(H,17,18). The molecule has 1 saturated carbocycles. The second kappa shape index (κ2) is 9.37. The van der Waals surface area contributed by atoms with Gasteiger partial charge >= 0.3 is 0 Å². The zero-order valence-corrected chi connectivity index (χ0v) is 12.1.